The van der Waals surface area contributed by atoms with Gasteiger partial charge in [0.25, 0.3) is 0 Å². The second-order valence-electron chi connectivity index (χ2n) is 2.44. The van der Waals surface area contributed by atoms with Crippen LogP contribution in [0.15, 0.2) is 24.3 Å². The highest BCUT2D eigenvalue weighted by Gasteiger charge is 2.20. The molecule has 58 valence electrons. The number of para-hydroxylation sites is 2. The first-order valence-corrected chi connectivity index (χ1v) is 3.37. The van der Waals surface area contributed by atoms with Crippen molar-refractivity contribution >= 4 is 11.4 Å². The highest BCUT2D eigenvalue weighted by molar-refractivity contribution is 5.71. The first-order valence-electron chi connectivity index (χ1n) is 3.37. The van der Waals surface area contributed by atoms with E-state index < -0.39 is 0 Å². The van der Waals surface area contributed by atoms with Gasteiger partial charge in [0.2, 0.25) is 0 Å². The van der Waals surface area contributed by atoms with Crippen molar-refractivity contribution in [2.75, 3.05) is 17.6 Å². The average molecular weight is 151 g/mol. The first-order chi connectivity index (χ1) is 5.29. The molecular formula is C7H9N3O. The Labute approximate surface area is 64.5 Å². The monoisotopic (exact) mass is 151 g/mol. The topological polar surface area (TPSA) is 38.7 Å². The van der Waals surface area contributed by atoms with Crippen molar-refractivity contribution < 1.29 is 5.21 Å². The van der Waals surface area contributed by atoms with Gasteiger partial charge in [0.05, 0.1) is 5.69 Å². The summed E-state index contributed by atoms with van der Waals surface area (Å²) >= 11 is 0. The fourth-order valence-electron chi connectivity index (χ4n) is 1.13. The molecular weight excluding hydrogens is 142 g/mol. The second kappa shape index (κ2) is 2.11. The van der Waals surface area contributed by atoms with E-state index >= 15 is 0 Å². The van der Waals surface area contributed by atoms with E-state index in [4.69, 9.17) is 0 Å². The summed E-state index contributed by atoms with van der Waals surface area (Å²) < 4.78 is 0. The minimum Gasteiger partial charge on any atom is -0.297 e. The maximum Gasteiger partial charge on any atom is 0.109 e. The fraction of sp³-hybridized carbons (Fsp3) is 0.143. The van der Waals surface area contributed by atoms with Gasteiger partial charge in [0.15, 0.2) is 0 Å². The van der Waals surface area contributed by atoms with Crippen molar-refractivity contribution in [2.45, 2.75) is 0 Å². The van der Waals surface area contributed by atoms with Crippen LogP contribution in [0.2, 0.25) is 0 Å². The number of hydrazine groups is 2. The van der Waals surface area contributed by atoms with E-state index in [2.05, 4.69) is 5.43 Å². The Balaban J connectivity index is 2.47. The van der Waals surface area contributed by atoms with Gasteiger partial charge in [-0.1, -0.05) is 12.1 Å². The molecule has 0 unspecified atom stereocenters. The number of hydrogen-bond donors (Lipinski definition) is 2. The summed E-state index contributed by atoms with van der Waals surface area (Å²) in [5.74, 6) is 0. The lowest BCUT2D eigenvalue weighted by atomic mass is 10.3. The average Bonchev–Trinajstić information content (AvgIpc) is 2.30. The Morgan fingerprint density at radius 1 is 1.36 bits per heavy atom. The third-order valence-corrected chi connectivity index (χ3v) is 1.69. The van der Waals surface area contributed by atoms with Crippen molar-refractivity contribution in [3.05, 3.63) is 24.3 Å². The summed E-state index contributed by atoms with van der Waals surface area (Å²) in [5.41, 5.74) is 4.64. The molecule has 1 heterocycles. The van der Waals surface area contributed by atoms with Crippen molar-refractivity contribution in [3.8, 4) is 0 Å². The normalized spacial score (nSPS) is 16.4. The molecule has 0 amide bonds. The summed E-state index contributed by atoms with van der Waals surface area (Å²) in [4.78, 5) is 0. The van der Waals surface area contributed by atoms with Crippen LogP contribution >= 0.6 is 0 Å². The predicted molar refractivity (Wildman–Crippen MR) is 42.1 cm³/mol. The van der Waals surface area contributed by atoms with Crippen molar-refractivity contribution in [1.29, 1.82) is 0 Å². The van der Waals surface area contributed by atoms with Crippen molar-refractivity contribution in [2.24, 2.45) is 0 Å². The van der Waals surface area contributed by atoms with E-state index in [-0.39, 0.29) is 0 Å². The van der Waals surface area contributed by atoms with Gasteiger partial charge in [0, 0.05) is 7.05 Å². The van der Waals surface area contributed by atoms with E-state index in [9.17, 15) is 5.21 Å². The van der Waals surface area contributed by atoms with Crippen LogP contribution in [0.3, 0.4) is 0 Å². The summed E-state index contributed by atoms with van der Waals surface area (Å²) in [6.07, 6.45) is 0. The molecule has 0 bridgehead atoms. The van der Waals surface area contributed by atoms with Crippen LogP contribution in [0.5, 0.6) is 0 Å². The van der Waals surface area contributed by atoms with Gasteiger partial charge >= 0.3 is 0 Å². The zero-order valence-corrected chi connectivity index (χ0v) is 6.15. The third-order valence-electron chi connectivity index (χ3n) is 1.69. The Kier molecular flexibility index (Phi) is 1.24. The molecule has 4 nitrogen and oxygen atoms in total. The van der Waals surface area contributed by atoms with Gasteiger partial charge in [-0.15, -0.1) is 5.12 Å². The van der Waals surface area contributed by atoms with Crippen LogP contribution in [0, 0.1) is 0 Å². The number of nitrogens with one attached hydrogen (secondary N) is 1. The van der Waals surface area contributed by atoms with Gasteiger partial charge in [-0.2, -0.15) is 5.17 Å². The fourth-order valence-corrected chi connectivity index (χ4v) is 1.13. The van der Waals surface area contributed by atoms with Gasteiger partial charge < -0.3 is 0 Å². The van der Waals surface area contributed by atoms with E-state index in [1.54, 1.807) is 7.05 Å². The van der Waals surface area contributed by atoms with E-state index in [0.29, 0.717) is 0 Å². The molecule has 0 aliphatic carbocycles. The van der Waals surface area contributed by atoms with Crippen LogP contribution in [0.4, 0.5) is 11.4 Å². The number of fused-ring (bicyclic) bond motifs is 1. The molecule has 0 fully saturated rings. The Morgan fingerprint density at radius 2 is 2.09 bits per heavy atom. The maximum atomic E-state index is 9.35. The summed E-state index contributed by atoms with van der Waals surface area (Å²) in [6.45, 7) is 0. The van der Waals surface area contributed by atoms with E-state index in [1.807, 2.05) is 24.3 Å². The van der Waals surface area contributed by atoms with Gasteiger partial charge in [-0.3, -0.25) is 10.6 Å². The SMILES string of the molecule is CN1Nc2ccccc2N1O. The van der Waals surface area contributed by atoms with Crippen LogP contribution in [0.1, 0.15) is 0 Å². The van der Waals surface area contributed by atoms with E-state index in [1.165, 1.54) is 5.12 Å². The van der Waals surface area contributed by atoms with Crippen LogP contribution < -0.4 is 10.6 Å². The second-order valence-corrected chi connectivity index (χ2v) is 2.44. The standard InChI is InChI=1S/C7H9N3O/c1-9-8-6-4-2-3-5-7(6)10(9)11/h2-5,8,11H,1H3. The molecule has 0 spiro atoms. The predicted octanol–water partition coefficient (Wildman–Crippen LogP) is 1.07. The molecule has 0 atom stereocenters. The Bertz CT molecular complexity index is 276. The lowest BCUT2D eigenvalue weighted by Crippen LogP contribution is -2.35. The zero-order chi connectivity index (χ0) is 7.84. The smallest absolute Gasteiger partial charge is 0.109 e. The van der Waals surface area contributed by atoms with Crippen LogP contribution in [-0.4, -0.2) is 17.4 Å². The highest BCUT2D eigenvalue weighted by Crippen LogP contribution is 2.30. The van der Waals surface area contributed by atoms with Gasteiger partial charge in [-0.25, -0.2) is 0 Å². The van der Waals surface area contributed by atoms with Crippen LogP contribution in [-0.2, 0) is 0 Å². The number of benzene rings is 1. The van der Waals surface area contributed by atoms with E-state index in [0.717, 1.165) is 16.5 Å². The van der Waals surface area contributed by atoms with Crippen LogP contribution in [0.25, 0.3) is 0 Å². The van der Waals surface area contributed by atoms with Crippen molar-refractivity contribution in [3.63, 3.8) is 0 Å². The molecule has 0 saturated carbocycles. The van der Waals surface area contributed by atoms with Gasteiger partial charge in [-0.05, 0) is 12.1 Å². The summed E-state index contributed by atoms with van der Waals surface area (Å²) in [6, 6.07) is 7.54. The highest BCUT2D eigenvalue weighted by atomic mass is 16.6. The summed E-state index contributed by atoms with van der Waals surface area (Å²) in [5, 5.41) is 11.9. The molecule has 1 aliphatic heterocycles. The van der Waals surface area contributed by atoms with Crippen molar-refractivity contribution in [1.82, 2.24) is 5.12 Å². The molecule has 4 heteroatoms. The number of anilines is 2. The molecule has 0 saturated heterocycles. The molecule has 1 aromatic carbocycles. The first kappa shape index (κ1) is 6.45. The largest absolute Gasteiger partial charge is 0.297 e. The van der Waals surface area contributed by atoms with Gasteiger partial charge in [0.1, 0.15) is 5.69 Å². The molecule has 1 aromatic rings. The number of nitrogens with zero attached hydrogens (tertiary/aromatic N) is 2. The minimum atomic E-state index is 0.773. The molecule has 0 radical (unpaired) electrons. The lowest BCUT2D eigenvalue weighted by molar-refractivity contribution is 0.120. The molecule has 2 N–H and O–H groups in total. The number of rotatable bonds is 0. The quantitative estimate of drug-likeness (QED) is 0.581. The minimum absolute atomic E-state index is 0.773. The maximum absolute atomic E-state index is 9.35. The third kappa shape index (κ3) is 0.840. The molecule has 2 rings (SSSR count). The molecule has 0 aromatic heterocycles. The summed E-state index contributed by atoms with van der Waals surface area (Å²) in [7, 11) is 1.74. The Morgan fingerprint density at radius 3 is 2.82 bits per heavy atom. The molecule has 1 aliphatic rings. The lowest BCUT2D eigenvalue weighted by Gasteiger charge is -2.16. The molecule has 11 heavy (non-hydrogen) atoms. The Hall–Kier alpha value is -1.26. The number of hydrogen-bond acceptors (Lipinski definition) is 4. The zero-order valence-electron chi connectivity index (χ0n) is 6.15.